The molecule has 10 nitrogen and oxygen atoms in total. The lowest BCUT2D eigenvalue weighted by Crippen LogP contribution is -2.47. The van der Waals surface area contributed by atoms with Gasteiger partial charge in [-0.25, -0.2) is 0 Å². The van der Waals surface area contributed by atoms with Crippen molar-refractivity contribution in [2.75, 3.05) is 39.6 Å². The molecule has 1 unspecified atom stereocenters. The van der Waals surface area contributed by atoms with Gasteiger partial charge in [0.1, 0.15) is 6.10 Å². The topological polar surface area (TPSA) is 119 Å². The van der Waals surface area contributed by atoms with Gasteiger partial charge in [0.15, 0.2) is 5.75 Å². The maximum atomic E-state index is 11.6. The van der Waals surface area contributed by atoms with E-state index in [0.717, 1.165) is 44.9 Å². The second-order valence-electron chi connectivity index (χ2n) is 9.48. The predicted octanol–water partition coefficient (Wildman–Crippen LogP) is 6.77. The molecule has 1 aromatic rings. The van der Waals surface area contributed by atoms with Gasteiger partial charge < -0.3 is 32.6 Å². The Kier molecular flexibility index (Phi) is 18.9. The summed E-state index contributed by atoms with van der Waals surface area (Å²) in [5.74, 6) is -2.41. The van der Waals surface area contributed by atoms with Crippen molar-refractivity contribution in [3.63, 3.8) is 0 Å². The van der Waals surface area contributed by atoms with Gasteiger partial charge in [-0.2, -0.15) is 8.42 Å². The van der Waals surface area contributed by atoms with E-state index in [9.17, 15) is 13.0 Å². The average Bonchev–Trinajstić information content (AvgIpc) is 2.91. The highest BCUT2D eigenvalue weighted by molar-refractivity contribution is 7.81. The largest absolute Gasteiger partial charge is 0.446 e. The van der Waals surface area contributed by atoms with E-state index in [2.05, 4.69) is 0 Å². The Morgan fingerprint density at radius 2 is 1.17 bits per heavy atom. The van der Waals surface area contributed by atoms with Crippen LogP contribution >= 0.6 is 0 Å². The van der Waals surface area contributed by atoms with E-state index < -0.39 is 28.3 Å². The molecule has 0 saturated carbocycles. The predicted molar refractivity (Wildman–Crippen MR) is 158 cm³/mol. The van der Waals surface area contributed by atoms with E-state index in [-0.39, 0.29) is 5.75 Å². The SMILES string of the molecule is CCOC(CCCCCCCCCC(OCC)(OCC)OCC)C(OCC)(OCC)c1ccccc1OS(=O)(=O)O. The molecule has 11 heteroatoms. The molecule has 0 aromatic heterocycles. The molecule has 41 heavy (non-hydrogen) atoms. The molecule has 1 N–H and O–H groups in total. The van der Waals surface area contributed by atoms with Crippen molar-refractivity contribution in [1.82, 2.24) is 0 Å². The van der Waals surface area contributed by atoms with Crippen molar-refractivity contribution in [2.24, 2.45) is 0 Å². The zero-order valence-corrected chi connectivity index (χ0v) is 26.8. The quantitative estimate of drug-likeness (QED) is 0.0687. The summed E-state index contributed by atoms with van der Waals surface area (Å²) in [5.41, 5.74) is 0.349. The lowest BCUT2D eigenvalue weighted by molar-refractivity contribution is -0.380. The molecule has 0 amide bonds. The highest BCUT2D eigenvalue weighted by atomic mass is 32.3. The summed E-state index contributed by atoms with van der Waals surface area (Å²) in [6.07, 6.45) is 8.01. The molecule has 0 aliphatic heterocycles. The molecule has 0 radical (unpaired) electrons. The number of hydrogen-bond acceptors (Lipinski definition) is 9. The first-order valence-corrected chi connectivity index (χ1v) is 16.6. The van der Waals surface area contributed by atoms with Gasteiger partial charge in [0.05, 0.1) is 5.56 Å². The third kappa shape index (κ3) is 13.3. The molecule has 0 bridgehead atoms. The molecule has 1 rings (SSSR count). The third-order valence-electron chi connectivity index (χ3n) is 6.51. The number of rotatable bonds is 26. The van der Waals surface area contributed by atoms with Crippen LogP contribution in [0, 0.1) is 0 Å². The molecular formula is C30H54O10S. The Labute approximate surface area is 248 Å². The molecule has 0 fully saturated rings. The van der Waals surface area contributed by atoms with E-state index in [1.165, 1.54) is 6.07 Å². The van der Waals surface area contributed by atoms with Crippen LogP contribution in [0.15, 0.2) is 24.3 Å². The summed E-state index contributed by atoms with van der Waals surface area (Å²) < 4.78 is 73.4. The summed E-state index contributed by atoms with van der Waals surface area (Å²) in [7, 11) is -4.75. The Morgan fingerprint density at radius 1 is 0.683 bits per heavy atom. The first-order chi connectivity index (χ1) is 19.7. The molecule has 1 aromatic carbocycles. The van der Waals surface area contributed by atoms with Crippen LogP contribution in [0.4, 0.5) is 0 Å². The van der Waals surface area contributed by atoms with Crippen molar-refractivity contribution in [3.8, 4) is 5.75 Å². The summed E-state index contributed by atoms with van der Waals surface area (Å²) >= 11 is 0. The maximum Gasteiger partial charge on any atom is 0.446 e. The number of para-hydroxylation sites is 1. The third-order valence-corrected chi connectivity index (χ3v) is 6.90. The second-order valence-corrected chi connectivity index (χ2v) is 10.5. The smallest absolute Gasteiger partial charge is 0.372 e. The molecule has 0 saturated heterocycles. The minimum atomic E-state index is -4.75. The van der Waals surface area contributed by atoms with Crippen molar-refractivity contribution < 1.29 is 45.6 Å². The van der Waals surface area contributed by atoms with Gasteiger partial charge >= 0.3 is 10.4 Å². The van der Waals surface area contributed by atoms with Crippen LogP contribution in [-0.2, 0) is 44.6 Å². The average molecular weight is 607 g/mol. The summed E-state index contributed by atoms with van der Waals surface area (Å²) in [6, 6.07) is 6.49. The number of benzene rings is 1. The van der Waals surface area contributed by atoms with Gasteiger partial charge in [-0.05, 0) is 66.5 Å². The van der Waals surface area contributed by atoms with Crippen molar-refractivity contribution in [3.05, 3.63) is 29.8 Å². The van der Waals surface area contributed by atoms with E-state index in [0.29, 0.717) is 58.0 Å². The van der Waals surface area contributed by atoms with Gasteiger partial charge in [-0.15, -0.1) is 0 Å². The van der Waals surface area contributed by atoms with Crippen LogP contribution in [0.25, 0.3) is 0 Å². The molecule has 0 aliphatic carbocycles. The van der Waals surface area contributed by atoms with Crippen molar-refractivity contribution >= 4 is 10.4 Å². The van der Waals surface area contributed by atoms with E-state index >= 15 is 0 Å². The van der Waals surface area contributed by atoms with E-state index in [4.69, 9.17) is 32.6 Å². The summed E-state index contributed by atoms with van der Waals surface area (Å²) in [5, 5.41) is 0. The zero-order valence-electron chi connectivity index (χ0n) is 26.0. The Morgan fingerprint density at radius 3 is 1.66 bits per heavy atom. The zero-order chi connectivity index (χ0) is 30.6. The Hall–Kier alpha value is -1.31. The molecule has 0 aliphatic rings. The lowest BCUT2D eigenvalue weighted by Gasteiger charge is -2.40. The minimum Gasteiger partial charge on any atom is -0.372 e. The van der Waals surface area contributed by atoms with Crippen LogP contribution in [0.2, 0.25) is 0 Å². The van der Waals surface area contributed by atoms with Crippen LogP contribution in [0.3, 0.4) is 0 Å². The minimum absolute atomic E-state index is 0.0661. The maximum absolute atomic E-state index is 11.6. The molecule has 0 spiro atoms. The van der Waals surface area contributed by atoms with E-state index in [1.54, 1.807) is 18.2 Å². The van der Waals surface area contributed by atoms with Crippen LogP contribution in [0.1, 0.15) is 105 Å². The van der Waals surface area contributed by atoms with Crippen LogP contribution < -0.4 is 4.18 Å². The fourth-order valence-corrected chi connectivity index (χ4v) is 5.44. The van der Waals surface area contributed by atoms with Gasteiger partial charge in [0.25, 0.3) is 5.97 Å². The van der Waals surface area contributed by atoms with Gasteiger partial charge in [0, 0.05) is 46.1 Å². The molecule has 240 valence electrons. The fourth-order valence-electron chi connectivity index (χ4n) is 5.07. The van der Waals surface area contributed by atoms with Crippen molar-refractivity contribution in [2.45, 2.75) is 117 Å². The Balaban J connectivity index is 2.79. The number of ether oxygens (including phenoxy) is 6. The number of hydrogen-bond donors (Lipinski definition) is 1. The summed E-state index contributed by atoms with van der Waals surface area (Å²) in [4.78, 5) is 0. The normalized spacial score (nSPS) is 13.4. The van der Waals surface area contributed by atoms with E-state index in [1.807, 2.05) is 41.5 Å². The van der Waals surface area contributed by atoms with Crippen LogP contribution in [0.5, 0.6) is 5.75 Å². The monoisotopic (exact) mass is 606 g/mol. The molecular weight excluding hydrogens is 552 g/mol. The fraction of sp³-hybridized carbons (Fsp3) is 0.800. The van der Waals surface area contributed by atoms with Crippen LogP contribution in [-0.4, -0.2) is 64.7 Å². The lowest BCUT2D eigenvalue weighted by atomic mass is 9.93. The standard InChI is InChI=1S/C30H54O10S/c1-7-34-28(24-18-16-14-13-15-17-21-25-29(35-8-2,36-9-3)37-10-4)30(38-11-5,39-12-6)26-22-19-20-23-27(26)40-41(31,32)33/h19-20,22-23,28H,7-18,21,24-25H2,1-6H3,(H,31,32,33). The summed E-state index contributed by atoms with van der Waals surface area (Å²) in [6.45, 7) is 14.0. The second kappa shape index (κ2) is 20.6. The highest BCUT2D eigenvalue weighted by Gasteiger charge is 2.45. The molecule has 1 atom stereocenters. The Bertz CT molecular complexity index is 885. The van der Waals surface area contributed by atoms with Gasteiger partial charge in [0.2, 0.25) is 5.79 Å². The first kappa shape index (κ1) is 37.7. The highest BCUT2D eigenvalue weighted by Crippen LogP contribution is 2.41. The molecule has 0 heterocycles. The van der Waals surface area contributed by atoms with Crippen molar-refractivity contribution in [1.29, 1.82) is 0 Å². The van der Waals surface area contributed by atoms with Gasteiger partial charge in [-0.1, -0.05) is 50.7 Å². The van der Waals surface area contributed by atoms with Gasteiger partial charge in [-0.3, -0.25) is 4.55 Å². The number of unbranched alkanes of at least 4 members (excludes halogenated alkanes) is 6. The first-order valence-electron chi connectivity index (χ1n) is 15.2.